The Hall–Kier alpha value is -1.69. The van der Waals surface area contributed by atoms with Crippen LogP contribution in [0, 0.1) is 0 Å². The number of rotatable bonds is 3. The summed E-state index contributed by atoms with van der Waals surface area (Å²) < 4.78 is 0. The summed E-state index contributed by atoms with van der Waals surface area (Å²) in [5, 5.41) is 0. The molecular weight excluding hydrogens is 194 g/mol. The fraction of sp³-hybridized carbons (Fsp3) is 0.444. The predicted molar refractivity (Wildman–Crippen MR) is 54.9 cm³/mol. The summed E-state index contributed by atoms with van der Waals surface area (Å²) in [6.45, 7) is 1.09. The molecule has 4 N–H and O–H groups in total. The van der Waals surface area contributed by atoms with Gasteiger partial charge in [-0.25, -0.2) is 4.98 Å². The standard InChI is InChI=1S/C9H13N5O/c10-5-6-9(13-3-2-12-6)14-4-1-7(14)8(11)15/h2-3,7H,1,4-5,10H2,(H2,11,15). The highest BCUT2D eigenvalue weighted by Crippen LogP contribution is 2.25. The van der Waals surface area contributed by atoms with E-state index in [0.717, 1.165) is 13.0 Å². The van der Waals surface area contributed by atoms with Crippen LogP contribution in [0.4, 0.5) is 5.82 Å². The van der Waals surface area contributed by atoms with Crippen molar-refractivity contribution < 1.29 is 4.79 Å². The fourth-order valence-electron chi connectivity index (χ4n) is 1.68. The first-order valence-corrected chi connectivity index (χ1v) is 4.80. The largest absolute Gasteiger partial charge is 0.368 e. The lowest BCUT2D eigenvalue weighted by molar-refractivity contribution is -0.120. The summed E-state index contributed by atoms with van der Waals surface area (Å²) in [6.07, 6.45) is 3.95. The molecule has 1 fully saturated rings. The van der Waals surface area contributed by atoms with Gasteiger partial charge in [-0.05, 0) is 6.42 Å². The molecule has 6 nitrogen and oxygen atoms in total. The van der Waals surface area contributed by atoms with Gasteiger partial charge in [0.2, 0.25) is 5.91 Å². The predicted octanol–water partition coefficient (Wildman–Crippen LogP) is -1.00. The molecule has 80 valence electrons. The zero-order valence-corrected chi connectivity index (χ0v) is 8.26. The molecule has 0 aromatic carbocycles. The van der Waals surface area contributed by atoms with Crippen LogP contribution in [0.15, 0.2) is 12.4 Å². The van der Waals surface area contributed by atoms with Gasteiger partial charge in [0, 0.05) is 25.5 Å². The third-order valence-corrected chi connectivity index (χ3v) is 2.57. The molecule has 2 rings (SSSR count). The topological polar surface area (TPSA) is 98.1 Å². The van der Waals surface area contributed by atoms with Gasteiger partial charge in [0.25, 0.3) is 0 Å². The van der Waals surface area contributed by atoms with Gasteiger partial charge in [-0.15, -0.1) is 0 Å². The molecule has 0 bridgehead atoms. The second kappa shape index (κ2) is 3.82. The molecule has 1 unspecified atom stereocenters. The van der Waals surface area contributed by atoms with E-state index in [1.165, 1.54) is 0 Å². The first kappa shape index (κ1) is 9.85. The summed E-state index contributed by atoms with van der Waals surface area (Å²) in [7, 11) is 0. The van der Waals surface area contributed by atoms with Gasteiger partial charge < -0.3 is 16.4 Å². The van der Waals surface area contributed by atoms with E-state index in [1.807, 2.05) is 4.90 Å². The van der Waals surface area contributed by atoms with Gasteiger partial charge in [0.15, 0.2) is 5.82 Å². The van der Waals surface area contributed by atoms with Crippen molar-refractivity contribution in [2.24, 2.45) is 11.5 Å². The van der Waals surface area contributed by atoms with Gasteiger partial charge in [-0.1, -0.05) is 0 Å². The van der Waals surface area contributed by atoms with Gasteiger partial charge in [-0.3, -0.25) is 9.78 Å². The van der Waals surface area contributed by atoms with Crippen molar-refractivity contribution in [3.63, 3.8) is 0 Å². The van der Waals surface area contributed by atoms with Crippen LogP contribution in [0.5, 0.6) is 0 Å². The van der Waals surface area contributed by atoms with E-state index >= 15 is 0 Å². The monoisotopic (exact) mass is 207 g/mol. The number of nitrogens with two attached hydrogens (primary N) is 2. The molecule has 15 heavy (non-hydrogen) atoms. The molecule has 2 heterocycles. The number of carbonyl (C=O) groups excluding carboxylic acids is 1. The van der Waals surface area contributed by atoms with Crippen molar-refractivity contribution in [3.05, 3.63) is 18.1 Å². The van der Waals surface area contributed by atoms with E-state index < -0.39 is 0 Å². The molecule has 0 aliphatic carbocycles. The Balaban J connectivity index is 2.26. The number of hydrogen-bond acceptors (Lipinski definition) is 5. The summed E-state index contributed by atoms with van der Waals surface area (Å²) >= 11 is 0. The summed E-state index contributed by atoms with van der Waals surface area (Å²) in [5.74, 6) is 0.352. The smallest absolute Gasteiger partial charge is 0.240 e. The van der Waals surface area contributed by atoms with Crippen LogP contribution >= 0.6 is 0 Å². The summed E-state index contributed by atoms with van der Waals surface area (Å²) in [4.78, 5) is 21.2. The van der Waals surface area contributed by atoms with Crippen LogP contribution in [0.2, 0.25) is 0 Å². The lowest BCUT2D eigenvalue weighted by Gasteiger charge is -2.40. The van der Waals surface area contributed by atoms with Gasteiger partial charge in [-0.2, -0.15) is 0 Å². The van der Waals surface area contributed by atoms with E-state index in [4.69, 9.17) is 11.5 Å². The molecule has 1 aliphatic rings. The first-order valence-electron chi connectivity index (χ1n) is 4.80. The van der Waals surface area contributed by atoms with E-state index in [9.17, 15) is 4.79 Å². The van der Waals surface area contributed by atoms with E-state index in [1.54, 1.807) is 12.4 Å². The number of primary amides is 1. The van der Waals surface area contributed by atoms with Crippen molar-refractivity contribution in [3.8, 4) is 0 Å². The average Bonchev–Trinajstić information content (AvgIpc) is 2.16. The van der Waals surface area contributed by atoms with Crippen molar-refractivity contribution in [2.75, 3.05) is 11.4 Å². The third kappa shape index (κ3) is 1.63. The van der Waals surface area contributed by atoms with Crippen LogP contribution in [0.1, 0.15) is 12.1 Å². The molecule has 1 atom stereocenters. The lowest BCUT2D eigenvalue weighted by Crippen LogP contribution is -2.55. The van der Waals surface area contributed by atoms with Gasteiger partial charge >= 0.3 is 0 Å². The zero-order chi connectivity index (χ0) is 10.8. The van der Waals surface area contributed by atoms with Crippen molar-refractivity contribution in [1.82, 2.24) is 9.97 Å². The number of amides is 1. The Morgan fingerprint density at radius 1 is 1.53 bits per heavy atom. The Morgan fingerprint density at radius 3 is 2.80 bits per heavy atom. The second-order valence-electron chi connectivity index (χ2n) is 3.43. The van der Waals surface area contributed by atoms with Crippen LogP contribution in [-0.4, -0.2) is 28.5 Å². The van der Waals surface area contributed by atoms with Crippen LogP contribution in [0.3, 0.4) is 0 Å². The lowest BCUT2D eigenvalue weighted by atomic mass is 10.0. The second-order valence-corrected chi connectivity index (χ2v) is 3.43. The Bertz CT molecular complexity index is 381. The number of carbonyl (C=O) groups is 1. The number of aromatic nitrogens is 2. The Kier molecular flexibility index (Phi) is 2.51. The summed E-state index contributed by atoms with van der Waals surface area (Å²) in [5.41, 5.74) is 11.5. The molecule has 6 heteroatoms. The normalized spacial score (nSPS) is 19.8. The number of anilines is 1. The fourth-order valence-corrected chi connectivity index (χ4v) is 1.68. The molecule has 1 aromatic rings. The minimum absolute atomic E-state index is 0.257. The van der Waals surface area contributed by atoms with Crippen molar-refractivity contribution >= 4 is 11.7 Å². The van der Waals surface area contributed by atoms with Crippen molar-refractivity contribution in [2.45, 2.75) is 19.0 Å². The first-order chi connectivity index (χ1) is 7.24. The molecule has 0 spiro atoms. The minimum atomic E-state index is -0.324. The number of hydrogen-bond donors (Lipinski definition) is 2. The minimum Gasteiger partial charge on any atom is -0.368 e. The SMILES string of the molecule is NCc1nccnc1N1CCC1C(N)=O. The summed E-state index contributed by atoms with van der Waals surface area (Å²) in [6, 6.07) is -0.257. The average molecular weight is 207 g/mol. The molecular formula is C9H13N5O. The highest BCUT2D eigenvalue weighted by Gasteiger charge is 2.34. The highest BCUT2D eigenvalue weighted by molar-refractivity contribution is 5.85. The molecule has 1 aliphatic heterocycles. The van der Waals surface area contributed by atoms with E-state index in [0.29, 0.717) is 18.1 Å². The van der Waals surface area contributed by atoms with E-state index in [2.05, 4.69) is 9.97 Å². The van der Waals surface area contributed by atoms with Crippen LogP contribution < -0.4 is 16.4 Å². The maximum Gasteiger partial charge on any atom is 0.240 e. The Labute approximate surface area is 87.3 Å². The maximum absolute atomic E-state index is 11.1. The molecule has 0 radical (unpaired) electrons. The quantitative estimate of drug-likeness (QED) is 0.662. The zero-order valence-electron chi connectivity index (χ0n) is 8.26. The molecule has 1 saturated heterocycles. The molecule has 1 amide bonds. The maximum atomic E-state index is 11.1. The molecule has 0 saturated carbocycles. The molecule has 1 aromatic heterocycles. The Morgan fingerprint density at radius 2 is 2.27 bits per heavy atom. The van der Waals surface area contributed by atoms with Crippen molar-refractivity contribution in [1.29, 1.82) is 0 Å². The third-order valence-electron chi connectivity index (χ3n) is 2.57. The van der Waals surface area contributed by atoms with Gasteiger partial charge in [0.1, 0.15) is 6.04 Å². The number of nitrogens with zero attached hydrogens (tertiary/aromatic N) is 3. The van der Waals surface area contributed by atoms with Gasteiger partial charge in [0.05, 0.1) is 5.69 Å². The van der Waals surface area contributed by atoms with Crippen LogP contribution in [0.25, 0.3) is 0 Å². The highest BCUT2D eigenvalue weighted by atomic mass is 16.1. The van der Waals surface area contributed by atoms with E-state index in [-0.39, 0.29) is 11.9 Å². The van der Waals surface area contributed by atoms with Crippen LogP contribution in [-0.2, 0) is 11.3 Å².